The molecule has 2 unspecified atom stereocenters. The van der Waals surface area contributed by atoms with E-state index in [0.29, 0.717) is 0 Å². The van der Waals surface area contributed by atoms with E-state index in [1.54, 1.807) is 0 Å². The fourth-order valence-corrected chi connectivity index (χ4v) is 3.01. The van der Waals surface area contributed by atoms with Crippen LogP contribution in [0.3, 0.4) is 0 Å². The van der Waals surface area contributed by atoms with Gasteiger partial charge < -0.3 is 5.73 Å². The molecule has 2 atom stereocenters. The Morgan fingerprint density at radius 3 is 2.57 bits per heavy atom. The van der Waals surface area contributed by atoms with Crippen LogP contribution in [0.25, 0.3) is 0 Å². The summed E-state index contributed by atoms with van der Waals surface area (Å²) >= 11 is 0. The molecule has 2 N–H and O–H groups in total. The SMILES string of the molecule is CC(C)C1CN(C2CCCC2CN)C1. The predicted molar refractivity (Wildman–Crippen MR) is 60.1 cm³/mol. The monoisotopic (exact) mass is 196 g/mol. The Hall–Kier alpha value is -0.0800. The first-order chi connectivity index (χ1) is 6.72. The first kappa shape index (κ1) is 10.4. The second-order valence-electron chi connectivity index (χ2n) is 5.45. The van der Waals surface area contributed by atoms with Crippen LogP contribution in [-0.2, 0) is 0 Å². The molecule has 1 saturated heterocycles. The van der Waals surface area contributed by atoms with Crippen molar-refractivity contribution in [2.75, 3.05) is 19.6 Å². The molecule has 1 aliphatic carbocycles. The molecule has 0 bridgehead atoms. The lowest BCUT2D eigenvalue weighted by molar-refractivity contribution is 0.0145. The van der Waals surface area contributed by atoms with E-state index < -0.39 is 0 Å². The molecular formula is C12H24N2. The van der Waals surface area contributed by atoms with Crippen LogP contribution >= 0.6 is 0 Å². The van der Waals surface area contributed by atoms with Crippen molar-refractivity contribution in [1.29, 1.82) is 0 Å². The molecule has 82 valence electrons. The van der Waals surface area contributed by atoms with Crippen molar-refractivity contribution in [3.63, 3.8) is 0 Å². The normalized spacial score (nSPS) is 35.1. The molecule has 14 heavy (non-hydrogen) atoms. The van der Waals surface area contributed by atoms with Gasteiger partial charge >= 0.3 is 0 Å². The Morgan fingerprint density at radius 1 is 1.29 bits per heavy atom. The molecule has 0 aromatic carbocycles. The molecule has 2 fully saturated rings. The van der Waals surface area contributed by atoms with Crippen molar-refractivity contribution in [1.82, 2.24) is 4.90 Å². The topological polar surface area (TPSA) is 29.3 Å². The van der Waals surface area contributed by atoms with Crippen molar-refractivity contribution >= 4 is 0 Å². The van der Waals surface area contributed by atoms with Crippen molar-refractivity contribution in [3.8, 4) is 0 Å². The zero-order valence-corrected chi connectivity index (χ0v) is 9.58. The van der Waals surface area contributed by atoms with Crippen LogP contribution in [-0.4, -0.2) is 30.6 Å². The van der Waals surface area contributed by atoms with Crippen LogP contribution < -0.4 is 5.73 Å². The van der Waals surface area contributed by atoms with E-state index in [1.165, 1.54) is 32.4 Å². The van der Waals surface area contributed by atoms with Gasteiger partial charge in [-0.3, -0.25) is 4.90 Å². The number of hydrogen-bond acceptors (Lipinski definition) is 2. The van der Waals surface area contributed by atoms with Gasteiger partial charge in [0.25, 0.3) is 0 Å². The van der Waals surface area contributed by atoms with Gasteiger partial charge in [0.1, 0.15) is 0 Å². The van der Waals surface area contributed by atoms with Gasteiger partial charge in [-0.15, -0.1) is 0 Å². The zero-order valence-electron chi connectivity index (χ0n) is 9.58. The molecule has 2 nitrogen and oxygen atoms in total. The molecule has 1 saturated carbocycles. The quantitative estimate of drug-likeness (QED) is 0.744. The maximum absolute atomic E-state index is 5.81. The molecule has 0 aromatic heterocycles. The van der Waals surface area contributed by atoms with E-state index in [0.717, 1.165) is 30.3 Å². The molecule has 2 rings (SSSR count). The van der Waals surface area contributed by atoms with E-state index in [-0.39, 0.29) is 0 Å². The number of nitrogens with two attached hydrogens (primary N) is 1. The van der Waals surface area contributed by atoms with E-state index >= 15 is 0 Å². The highest BCUT2D eigenvalue weighted by Gasteiger charge is 2.38. The summed E-state index contributed by atoms with van der Waals surface area (Å²) in [6, 6.07) is 0.829. The third-order valence-corrected chi connectivity index (χ3v) is 4.27. The second kappa shape index (κ2) is 4.19. The molecule has 0 radical (unpaired) electrons. The fraction of sp³-hybridized carbons (Fsp3) is 1.00. The van der Waals surface area contributed by atoms with Crippen LogP contribution in [0.4, 0.5) is 0 Å². The minimum atomic E-state index is 0.795. The summed E-state index contributed by atoms with van der Waals surface area (Å²) in [7, 11) is 0. The molecule has 0 aromatic rings. The van der Waals surface area contributed by atoms with Gasteiger partial charge in [-0.05, 0) is 37.1 Å². The van der Waals surface area contributed by atoms with E-state index in [9.17, 15) is 0 Å². The summed E-state index contributed by atoms with van der Waals surface area (Å²) in [6.45, 7) is 8.25. The molecule has 1 aliphatic heterocycles. The smallest absolute Gasteiger partial charge is 0.0136 e. The number of likely N-dealkylation sites (tertiary alicyclic amines) is 1. The molecule has 1 heterocycles. The van der Waals surface area contributed by atoms with Crippen molar-refractivity contribution < 1.29 is 0 Å². The van der Waals surface area contributed by atoms with Crippen LogP contribution in [0.15, 0.2) is 0 Å². The lowest BCUT2D eigenvalue weighted by atomic mass is 9.85. The summed E-state index contributed by atoms with van der Waals surface area (Å²) in [5.41, 5.74) is 5.81. The van der Waals surface area contributed by atoms with Crippen LogP contribution in [0.2, 0.25) is 0 Å². The van der Waals surface area contributed by atoms with E-state index in [4.69, 9.17) is 5.73 Å². The highest BCUT2D eigenvalue weighted by atomic mass is 15.2. The van der Waals surface area contributed by atoms with Crippen molar-refractivity contribution in [2.45, 2.75) is 39.2 Å². The Balaban J connectivity index is 1.81. The van der Waals surface area contributed by atoms with Crippen LogP contribution in [0, 0.1) is 17.8 Å². The first-order valence-corrected chi connectivity index (χ1v) is 6.16. The highest BCUT2D eigenvalue weighted by Crippen LogP contribution is 2.35. The summed E-state index contributed by atoms with van der Waals surface area (Å²) in [4.78, 5) is 2.68. The number of hydrogen-bond donors (Lipinski definition) is 1. The Morgan fingerprint density at radius 2 is 2.00 bits per heavy atom. The predicted octanol–water partition coefficient (Wildman–Crippen LogP) is 1.70. The maximum atomic E-state index is 5.81. The Kier molecular flexibility index (Phi) is 3.13. The average Bonchev–Trinajstić information content (AvgIpc) is 2.48. The van der Waals surface area contributed by atoms with Crippen molar-refractivity contribution in [2.24, 2.45) is 23.5 Å². The molecule has 0 amide bonds. The summed E-state index contributed by atoms with van der Waals surface area (Å²) in [5.74, 6) is 2.61. The molecular weight excluding hydrogens is 172 g/mol. The lowest BCUT2D eigenvalue weighted by Crippen LogP contribution is -2.55. The number of rotatable bonds is 3. The lowest BCUT2D eigenvalue weighted by Gasteiger charge is -2.47. The second-order valence-corrected chi connectivity index (χ2v) is 5.45. The van der Waals surface area contributed by atoms with Gasteiger partial charge in [-0.2, -0.15) is 0 Å². The summed E-state index contributed by atoms with van der Waals surface area (Å²) < 4.78 is 0. The molecule has 2 aliphatic rings. The third-order valence-electron chi connectivity index (χ3n) is 4.27. The Bertz CT molecular complexity index is 185. The average molecular weight is 196 g/mol. The Labute approximate surface area is 87.8 Å². The highest BCUT2D eigenvalue weighted by molar-refractivity contribution is 4.93. The van der Waals surface area contributed by atoms with E-state index in [2.05, 4.69) is 18.7 Å². The minimum Gasteiger partial charge on any atom is -0.330 e. The van der Waals surface area contributed by atoms with Gasteiger partial charge in [0.05, 0.1) is 0 Å². The largest absolute Gasteiger partial charge is 0.330 e. The maximum Gasteiger partial charge on any atom is 0.0136 e. The molecule has 0 spiro atoms. The van der Waals surface area contributed by atoms with Crippen molar-refractivity contribution in [3.05, 3.63) is 0 Å². The number of nitrogens with zero attached hydrogens (tertiary/aromatic N) is 1. The standard InChI is InChI=1S/C12H24N2/c1-9(2)11-7-14(8-11)12-5-3-4-10(12)6-13/h9-12H,3-8,13H2,1-2H3. The van der Waals surface area contributed by atoms with Crippen LogP contribution in [0.5, 0.6) is 0 Å². The van der Waals surface area contributed by atoms with Crippen LogP contribution in [0.1, 0.15) is 33.1 Å². The summed E-state index contributed by atoms with van der Waals surface area (Å²) in [5, 5.41) is 0. The fourth-order valence-electron chi connectivity index (χ4n) is 3.01. The van der Waals surface area contributed by atoms with E-state index in [1.807, 2.05) is 0 Å². The third kappa shape index (κ3) is 1.82. The first-order valence-electron chi connectivity index (χ1n) is 6.16. The van der Waals surface area contributed by atoms with Gasteiger partial charge in [0.2, 0.25) is 0 Å². The molecule has 2 heteroatoms. The minimum absolute atomic E-state index is 0.795. The summed E-state index contributed by atoms with van der Waals surface area (Å²) in [6.07, 6.45) is 4.16. The van der Waals surface area contributed by atoms with Gasteiger partial charge in [0.15, 0.2) is 0 Å². The van der Waals surface area contributed by atoms with Gasteiger partial charge in [-0.1, -0.05) is 20.3 Å². The zero-order chi connectivity index (χ0) is 10.1. The van der Waals surface area contributed by atoms with Gasteiger partial charge in [-0.25, -0.2) is 0 Å². The van der Waals surface area contributed by atoms with Gasteiger partial charge in [0, 0.05) is 19.1 Å².